The number of thiazole rings is 1. The largest absolute Gasteiger partial charge is 0.462 e. The van der Waals surface area contributed by atoms with E-state index in [1.165, 1.54) is 29.0 Å². The van der Waals surface area contributed by atoms with Gasteiger partial charge < -0.3 is 13.7 Å². The molecule has 35 heavy (non-hydrogen) atoms. The lowest BCUT2D eigenvalue weighted by molar-refractivity contribution is 0.00575. The van der Waals surface area contributed by atoms with Gasteiger partial charge in [-0.2, -0.15) is 20.4 Å². The lowest BCUT2D eigenvalue weighted by Gasteiger charge is -2.40. The standard InChI is InChI=1S/C19H16N10O4S2/c1-6-32-26-12(1)19(15-21-4-9-34-15)18(13-11-24-27-25-13,14-20-2-7-30-14)28(16-22-3-8-31-16)29(33-19)17-23-5-10-35-17/h1-2,5-7,10-11H,3-4,8-9H2,(H,24,25,27). The molecule has 178 valence electrons. The summed E-state index contributed by atoms with van der Waals surface area (Å²) in [5, 5.41) is 21.9. The molecule has 0 aromatic carbocycles. The number of hydrogen-bond acceptors (Lipinski definition) is 15. The fourth-order valence-electron chi connectivity index (χ4n) is 4.53. The zero-order valence-corrected chi connectivity index (χ0v) is 19.5. The predicted octanol–water partition coefficient (Wildman–Crippen LogP) is 1.58. The number of nitrogens with one attached hydrogen (secondary N) is 1. The fourth-order valence-corrected chi connectivity index (χ4v) is 6.15. The van der Waals surface area contributed by atoms with Gasteiger partial charge in [0, 0.05) is 29.9 Å². The van der Waals surface area contributed by atoms with E-state index in [2.05, 4.69) is 35.5 Å². The van der Waals surface area contributed by atoms with E-state index >= 15 is 0 Å². The van der Waals surface area contributed by atoms with Crippen LogP contribution in [0.15, 0.2) is 61.5 Å². The number of rotatable bonds is 5. The van der Waals surface area contributed by atoms with Crippen LogP contribution in [-0.4, -0.2) is 72.1 Å². The molecule has 4 aromatic rings. The third-order valence-corrected chi connectivity index (χ3v) is 7.59. The van der Waals surface area contributed by atoms with E-state index in [9.17, 15) is 0 Å². The molecule has 0 spiro atoms. The second kappa shape index (κ2) is 7.89. The molecule has 0 radical (unpaired) electrons. The maximum Gasteiger partial charge on any atom is 0.310 e. The number of aromatic amines is 1. The van der Waals surface area contributed by atoms with E-state index in [0.717, 1.165) is 5.75 Å². The van der Waals surface area contributed by atoms with Crippen molar-refractivity contribution in [2.45, 2.75) is 11.1 Å². The molecular formula is C19H16N10O4S2. The fraction of sp³-hybridized carbons (Fsp3) is 0.316. The number of aromatic nitrogens is 6. The van der Waals surface area contributed by atoms with Crippen molar-refractivity contribution in [2.24, 2.45) is 9.98 Å². The van der Waals surface area contributed by atoms with Crippen LogP contribution in [0.3, 0.4) is 0 Å². The highest BCUT2D eigenvalue weighted by Crippen LogP contribution is 2.60. The van der Waals surface area contributed by atoms with E-state index in [1.807, 2.05) is 5.38 Å². The number of H-pyrrole nitrogens is 1. The van der Waals surface area contributed by atoms with Gasteiger partial charge in [-0.3, -0.25) is 4.99 Å². The molecule has 1 saturated heterocycles. The quantitative estimate of drug-likeness (QED) is 0.412. The number of ether oxygens (including phenoxy) is 1. The third kappa shape index (κ3) is 2.72. The van der Waals surface area contributed by atoms with Gasteiger partial charge in [-0.1, -0.05) is 5.16 Å². The Kier molecular flexibility index (Phi) is 4.64. The monoisotopic (exact) mass is 512 g/mol. The van der Waals surface area contributed by atoms with Crippen LogP contribution < -0.4 is 5.17 Å². The second-order valence-electron chi connectivity index (χ2n) is 7.51. The molecule has 3 aliphatic rings. The van der Waals surface area contributed by atoms with Gasteiger partial charge in [0.25, 0.3) is 0 Å². The first kappa shape index (κ1) is 20.6. The van der Waals surface area contributed by atoms with Crippen molar-refractivity contribution in [1.82, 2.24) is 35.5 Å². The molecule has 1 N–H and O–H groups in total. The maximum atomic E-state index is 6.90. The Balaban J connectivity index is 1.63. The summed E-state index contributed by atoms with van der Waals surface area (Å²) < 4.78 is 17.3. The van der Waals surface area contributed by atoms with Crippen molar-refractivity contribution in [3.05, 3.63) is 59.8 Å². The Morgan fingerprint density at radius 1 is 1.09 bits per heavy atom. The minimum atomic E-state index is -1.49. The molecule has 7 heterocycles. The molecular weight excluding hydrogens is 496 g/mol. The number of thioether (sulfide) groups is 1. The highest BCUT2D eigenvalue weighted by Gasteiger charge is 2.77. The average Bonchev–Trinajstić information content (AvgIpc) is 3.71. The van der Waals surface area contributed by atoms with Gasteiger partial charge in [-0.15, -0.1) is 28.3 Å². The average molecular weight is 513 g/mol. The van der Waals surface area contributed by atoms with Crippen molar-refractivity contribution in [1.29, 1.82) is 0 Å². The molecule has 3 aliphatic heterocycles. The molecule has 4 aromatic heterocycles. The Hall–Kier alpha value is -3.76. The predicted molar refractivity (Wildman–Crippen MR) is 122 cm³/mol. The summed E-state index contributed by atoms with van der Waals surface area (Å²) in [6, 6.07) is 2.00. The number of anilines is 1. The summed E-state index contributed by atoms with van der Waals surface area (Å²) in [6.07, 6.45) is 7.77. The van der Waals surface area contributed by atoms with Crippen molar-refractivity contribution < 1.29 is 18.5 Å². The summed E-state index contributed by atoms with van der Waals surface area (Å²) in [5.41, 5.74) is -2.14. The summed E-state index contributed by atoms with van der Waals surface area (Å²) in [4.78, 5) is 25.5. The molecule has 1 fully saturated rings. The number of hydrazine groups is 1. The second-order valence-corrected chi connectivity index (χ2v) is 9.46. The topological polar surface area (TPSA) is 156 Å². The van der Waals surface area contributed by atoms with Gasteiger partial charge in [0.05, 0.1) is 18.9 Å². The molecule has 0 aliphatic carbocycles. The van der Waals surface area contributed by atoms with Crippen molar-refractivity contribution >= 4 is 39.3 Å². The van der Waals surface area contributed by atoms with Crippen LogP contribution >= 0.6 is 23.1 Å². The molecule has 0 saturated carbocycles. The molecule has 2 atom stereocenters. The van der Waals surface area contributed by atoms with Crippen molar-refractivity contribution in [3.8, 4) is 0 Å². The minimum absolute atomic E-state index is 0.238. The zero-order chi connectivity index (χ0) is 23.3. The van der Waals surface area contributed by atoms with Crippen LogP contribution in [-0.2, 0) is 20.7 Å². The van der Waals surface area contributed by atoms with Gasteiger partial charge in [-0.25, -0.2) is 19.8 Å². The number of aliphatic imine (C=N–C) groups is 2. The van der Waals surface area contributed by atoms with Crippen LogP contribution in [0.4, 0.5) is 5.13 Å². The molecule has 7 rings (SSSR count). The normalized spacial score (nSPS) is 26.3. The Morgan fingerprint density at radius 2 is 2.09 bits per heavy atom. The van der Waals surface area contributed by atoms with Gasteiger partial charge in [0.2, 0.25) is 22.2 Å². The van der Waals surface area contributed by atoms with E-state index in [4.69, 9.17) is 23.5 Å². The van der Waals surface area contributed by atoms with E-state index in [0.29, 0.717) is 41.3 Å². The summed E-state index contributed by atoms with van der Waals surface area (Å²) in [5.74, 6) is 0.995. The van der Waals surface area contributed by atoms with Crippen molar-refractivity contribution in [3.63, 3.8) is 0 Å². The maximum absolute atomic E-state index is 6.90. The zero-order valence-electron chi connectivity index (χ0n) is 17.8. The van der Waals surface area contributed by atoms with E-state index < -0.39 is 11.1 Å². The van der Waals surface area contributed by atoms with Crippen LogP contribution in [0.1, 0.15) is 17.3 Å². The van der Waals surface area contributed by atoms with Crippen LogP contribution in [0.25, 0.3) is 0 Å². The number of oxazole rings is 1. The molecule has 2 unspecified atom stereocenters. The Morgan fingerprint density at radius 3 is 2.74 bits per heavy atom. The molecule has 0 bridgehead atoms. The number of amidine groups is 1. The SMILES string of the molecule is c1coc(C2(c3cn[nH]n3)N(C3=NCCO3)N(c3nccs3)OC2(C2=NCCS2)c2ccon2)n1. The first-order valence-electron chi connectivity index (χ1n) is 10.6. The summed E-state index contributed by atoms with van der Waals surface area (Å²) in [7, 11) is 0. The highest BCUT2D eigenvalue weighted by atomic mass is 32.2. The molecule has 16 heteroatoms. The minimum Gasteiger partial charge on any atom is -0.462 e. The lowest BCUT2D eigenvalue weighted by Crippen LogP contribution is -2.61. The first-order chi connectivity index (χ1) is 17.4. The smallest absolute Gasteiger partial charge is 0.310 e. The molecule has 0 amide bonds. The van der Waals surface area contributed by atoms with E-state index in [1.54, 1.807) is 41.4 Å². The Labute approximate surface area is 205 Å². The Bertz CT molecular complexity index is 1320. The first-order valence-corrected chi connectivity index (χ1v) is 12.4. The van der Waals surface area contributed by atoms with Gasteiger partial charge >= 0.3 is 6.02 Å². The van der Waals surface area contributed by atoms with Gasteiger partial charge in [0.1, 0.15) is 35.6 Å². The van der Waals surface area contributed by atoms with Crippen LogP contribution in [0.2, 0.25) is 0 Å². The van der Waals surface area contributed by atoms with Crippen LogP contribution in [0.5, 0.6) is 0 Å². The molecule has 14 nitrogen and oxygen atoms in total. The lowest BCUT2D eigenvalue weighted by atomic mass is 9.74. The van der Waals surface area contributed by atoms with E-state index in [-0.39, 0.29) is 11.9 Å². The van der Waals surface area contributed by atoms with Gasteiger partial charge in [-0.05, 0) is 0 Å². The summed E-state index contributed by atoms with van der Waals surface area (Å²) >= 11 is 2.91. The highest BCUT2D eigenvalue weighted by molar-refractivity contribution is 8.14. The third-order valence-electron chi connectivity index (χ3n) is 5.78. The number of hydrogen-bond donors (Lipinski definition) is 1. The van der Waals surface area contributed by atoms with Gasteiger partial charge in [0.15, 0.2) is 0 Å². The number of nitrogens with zero attached hydrogens (tertiary/aromatic N) is 9. The van der Waals surface area contributed by atoms with Crippen LogP contribution in [0, 0.1) is 0 Å². The van der Waals surface area contributed by atoms with Crippen molar-refractivity contribution in [2.75, 3.05) is 30.6 Å². The summed E-state index contributed by atoms with van der Waals surface area (Å²) in [6.45, 7) is 1.45.